The van der Waals surface area contributed by atoms with Crippen molar-refractivity contribution in [3.05, 3.63) is 35.5 Å². The maximum atomic E-state index is 13.2. The Labute approximate surface area is 210 Å². The molecule has 0 spiro atoms. The molecule has 12 heteroatoms. The van der Waals surface area contributed by atoms with E-state index in [0.29, 0.717) is 57.4 Å². The maximum Gasteiger partial charge on any atom is 0.407 e. The van der Waals surface area contributed by atoms with Crippen molar-refractivity contribution < 1.29 is 24.2 Å². The van der Waals surface area contributed by atoms with Gasteiger partial charge in [0.15, 0.2) is 0 Å². The largest absolute Gasteiger partial charge is 0.474 e. The van der Waals surface area contributed by atoms with E-state index in [4.69, 9.17) is 4.74 Å². The molecule has 0 bridgehead atoms. The topological polar surface area (TPSA) is 137 Å². The minimum Gasteiger partial charge on any atom is -0.474 e. The number of hydrogen-bond donors (Lipinski definition) is 3. The van der Waals surface area contributed by atoms with Crippen molar-refractivity contribution in [3.63, 3.8) is 0 Å². The normalized spacial score (nSPS) is 19.6. The number of carbonyl (C=O) groups excluding carboxylic acids is 2. The lowest BCUT2D eigenvalue weighted by molar-refractivity contribution is 0.0893. The molecule has 1 atom stereocenters. The van der Waals surface area contributed by atoms with Crippen molar-refractivity contribution in [1.82, 2.24) is 20.2 Å². The third kappa shape index (κ3) is 3.96. The van der Waals surface area contributed by atoms with Crippen LogP contribution in [-0.4, -0.2) is 63.2 Å². The number of piperidine rings is 1. The molecule has 1 saturated heterocycles. The molecule has 4 amide bonds. The minimum absolute atomic E-state index is 0.209. The van der Waals surface area contributed by atoms with Gasteiger partial charge in [-0.3, -0.25) is 9.69 Å². The third-order valence-electron chi connectivity index (χ3n) is 6.80. The SMILES string of the molecule is O=C(NC1CCCN(C(=O)O)C1)c1sc2nccc3c2c1NC(=O)N3c1ccc(OC2CCC2)nc1. The van der Waals surface area contributed by atoms with Crippen LogP contribution >= 0.6 is 11.3 Å². The number of carboxylic acid groups (broad SMARTS) is 1. The van der Waals surface area contributed by atoms with Crippen molar-refractivity contribution in [3.8, 4) is 5.88 Å². The van der Waals surface area contributed by atoms with Gasteiger partial charge in [0.25, 0.3) is 5.91 Å². The van der Waals surface area contributed by atoms with Gasteiger partial charge in [-0.05, 0) is 44.2 Å². The highest BCUT2D eigenvalue weighted by atomic mass is 32.1. The minimum atomic E-state index is -0.996. The van der Waals surface area contributed by atoms with Gasteiger partial charge in [0, 0.05) is 31.4 Å². The molecule has 6 rings (SSSR count). The van der Waals surface area contributed by atoms with Gasteiger partial charge < -0.3 is 25.4 Å². The molecule has 1 saturated carbocycles. The summed E-state index contributed by atoms with van der Waals surface area (Å²) in [6.07, 6.45) is 7.01. The lowest BCUT2D eigenvalue weighted by Crippen LogP contribution is -2.49. The van der Waals surface area contributed by atoms with Crippen LogP contribution in [0.1, 0.15) is 41.8 Å². The van der Waals surface area contributed by atoms with E-state index in [-0.39, 0.29) is 24.6 Å². The molecule has 1 aliphatic carbocycles. The molecule has 2 fully saturated rings. The van der Waals surface area contributed by atoms with E-state index in [1.165, 1.54) is 27.6 Å². The van der Waals surface area contributed by atoms with Crippen molar-refractivity contribution in [2.24, 2.45) is 0 Å². The fraction of sp³-hybridized carbons (Fsp3) is 0.375. The Morgan fingerprint density at radius 1 is 1.17 bits per heavy atom. The quantitative estimate of drug-likeness (QED) is 0.470. The number of thiophene rings is 1. The highest BCUT2D eigenvalue weighted by Gasteiger charge is 2.34. The number of pyridine rings is 2. The van der Waals surface area contributed by atoms with Gasteiger partial charge in [-0.2, -0.15) is 0 Å². The number of likely N-dealkylation sites (tertiary alicyclic amines) is 1. The first-order valence-electron chi connectivity index (χ1n) is 11.9. The number of hydrogen-bond acceptors (Lipinski definition) is 7. The van der Waals surface area contributed by atoms with Gasteiger partial charge in [0.1, 0.15) is 15.8 Å². The van der Waals surface area contributed by atoms with Crippen LogP contribution in [0, 0.1) is 0 Å². The predicted octanol–water partition coefficient (Wildman–Crippen LogP) is 4.18. The molecular formula is C24H24N6O5S. The lowest BCUT2D eigenvalue weighted by atomic mass is 9.96. The Hall–Kier alpha value is -3.93. The first kappa shape index (κ1) is 22.5. The average Bonchev–Trinajstić information content (AvgIpc) is 3.22. The number of urea groups is 1. The number of anilines is 3. The summed E-state index contributed by atoms with van der Waals surface area (Å²) in [6, 6.07) is 4.58. The van der Waals surface area contributed by atoms with Crippen LogP contribution in [0.2, 0.25) is 0 Å². The summed E-state index contributed by atoms with van der Waals surface area (Å²) in [6.45, 7) is 0.690. The van der Waals surface area contributed by atoms with Gasteiger partial charge in [-0.15, -0.1) is 11.3 Å². The Morgan fingerprint density at radius 3 is 2.75 bits per heavy atom. The highest BCUT2D eigenvalue weighted by Crippen LogP contribution is 2.45. The molecule has 0 aromatic carbocycles. The van der Waals surface area contributed by atoms with Gasteiger partial charge in [0.05, 0.1) is 28.6 Å². The van der Waals surface area contributed by atoms with Gasteiger partial charge in [-0.1, -0.05) is 0 Å². The summed E-state index contributed by atoms with van der Waals surface area (Å²) in [7, 11) is 0. The molecule has 36 heavy (non-hydrogen) atoms. The maximum absolute atomic E-state index is 13.2. The van der Waals surface area contributed by atoms with Crippen LogP contribution in [0.3, 0.4) is 0 Å². The summed E-state index contributed by atoms with van der Waals surface area (Å²) < 4.78 is 5.83. The number of amides is 4. The van der Waals surface area contributed by atoms with E-state index in [2.05, 4.69) is 20.6 Å². The van der Waals surface area contributed by atoms with Crippen LogP contribution in [0.4, 0.5) is 26.7 Å². The Morgan fingerprint density at radius 2 is 2.03 bits per heavy atom. The molecule has 3 aliphatic rings. The molecule has 3 N–H and O–H groups in total. The molecule has 1 unspecified atom stereocenters. The van der Waals surface area contributed by atoms with Crippen LogP contribution in [0.25, 0.3) is 10.2 Å². The van der Waals surface area contributed by atoms with Gasteiger partial charge >= 0.3 is 12.1 Å². The monoisotopic (exact) mass is 508 g/mol. The molecule has 186 valence electrons. The zero-order valence-electron chi connectivity index (χ0n) is 19.3. The van der Waals surface area contributed by atoms with E-state index in [9.17, 15) is 19.5 Å². The van der Waals surface area contributed by atoms with E-state index in [0.717, 1.165) is 12.8 Å². The number of rotatable bonds is 5. The van der Waals surface area contributed by atoms with E-state index in [1.54, 1.807) is 30.6 Å². The Bertz CT molecular complexity index is 1360. The zero-order valence-corrected chi connectivity index (χ0v) is 20.1. The fourth-order valence-corrected chi connectivity index (χ4v) is 5.78. The second kappa shape index (κ2) is 8.94. The second-order valence-corrected chi connectivity index (χ2v) is 10.1. The average molecular weight is 509 g/mol. The first-order chi connectivity index (χ1) is 17.5. The van der Waals surface area contributed by atoms with Crippen LogP contribution in [0.15, 0.2) is 30.6 Å². The summed E-state index contributed by atoms with van der Waals surface area (Å²) in [5, 5.41) is 15.8. The van der Waals surface area contributed by atoms with Crippen LogP contribution in [-0.2, 0) is 0 Å². The molecule has 2 aliphatic heterocycles. The highest BCUT2D eigenvalue weighted by molar-refractivity contribution is 7.21. The third-order valence-corrected chi connectivity index (χ3v) is 7.89. The molecule has 3 aromatic heterocycles. The molecular weight excluding hydrogens is 484 g/mol. The van der Waals surface area contributed by atoms with Crippen molar-refractivity contribution in [2.75, 3.05) is 23.3 Å². The van der Waals surface area contributed by atoms with Crippen LogP contribution in [0.5, 0.6) is 5.88 Å². The number of carbonyl (C=O) groups is 3. The van der Waals surface area contributed by atoms with E-state index in [1.807, 2.05) is 0 Å². The van der Waals surface area contributed by atoms with Crippen molar-refractivity contribution in [2.45, 2.75) is 44.2 Å². The van der Waals surface area contributed by atoms with Crippen LogP contribution < -0.4 is 20.3 Å². The van der Waals surface area contributed by atoms with Crippen molar-refractivity contribution in [1.29, 1.82) is 0 Å². The van der Waals surface area contributed by atoms with Gasteiger partial charge in [0.2, 0.25) is 5.88 Å². The summed E-state index contributed by atoms with van der Waals surface area (Å²) >= 11 is 1.19. The molecule has 0 radical (unpaired) electrons. The van der Waals surface area contributed by atoms with E-state index >= 15 is 0 Å². The fourth-order valence-electron chi connectivity index (χ4n) is 4.75. The Kier molecular flexibility index (Phi) is 5.59. The van der Waals surface area contributed by atoms with Gasteiger partial charge in [-0.25, -0.2) is 19.6 Å². The molecule has 3 aromatic rings. The van der Waals surface area contributed by atoms with Crippen molar-refractivity contribution >= 4 is 56.6 Å². The summed E-state index contributed by atoms with van der Waals surface area (Å²) in [5.41, 5.74) is 1.60. The first-order valence-corrected chi connectivity index (χ1v) is 12.7. The molecule has 11 nitrogen and oxygen atoms in total. The van der Waals surface area contributed by atoms with E-state index < -0.39 is 12.1 Å². The summed E-state index contributed by atoms with van der Waals surface area (Å²) in [5.74, 6) is 0.171. The number of nitrogens with one attached hydrogen (secondary N) is 2. The standard InChI is InChI=1S/C24H24N6O5S/c31-21(27-13-3-2-10-29(12-13)24(33)34)20-19-18-16(8-9-25-22(18)36-20)30(23(32)28-19)14-6-7-17(26-11-14)35-15-4-1-5-15/h6-9,11,13,15H,1-5,10,12H2,(H,27,31)(H,28,32)(H,33,34). The number of nitrogens with zero attached hydrogens (tertiary/aromatic N) is 4. The number of ether oxygens (including phenoxy) is 1. The Balaban J connectivity index is 1.28. The lowest BCUT2D eigenvalue weighted by Gasteiger charge is -2.31. The summed E-state index contributed by atoms with van der Waals surface area (Å²) in [4.78, 5) is 50.3. The predicted molar refractivity (Wildman–Crippen MR) is 133 cm³/mol. The number of aromatic nitrogens is 2. The molecule has 5 heterocycles. The second-order valence-electron chi connectivity index (χ2n) is 9.15. The smallest absolute Gasteiger partial charge is 0.407 e. The zero-order chi connectivity index (χ0) is 24.8.